The van der Waals surface area contributed by atoms with Gasteiger partial charge >= 0.3 is 0 Å². The Kier molecular flexibility index (Phi) is 4.42. The first-order chi connectivity index (χ1) is 10.7. The average Bonchev–Trinajstić information content (AvgIpc) is 2.94. The van der Waals surface area contributed by atoms with Crippen molar-refractivity contribution in [1.29, 1.82) is 0 Å². The van der Waals surface area contributed by atoms with Crippen LogP contribution in [0.5, 0.6) is 0 Å². The van der Waals surface area contributed by atoms with Gasteiger partial charge in [-0.2, -0.15) is 5.10 Å². The van der Waals surface area contributed by atoms with Crippen molar-refractivity contribution in [3.05, 3.63) is 63.4 Å². The molecule has 0 aliphatic rings. The Morgan fingerprint density at radius 1 is 1.27 bits per heavy atom. The highest BCUT2D eigenvalue weighted by molar-refractivity contribution is 14.1. The van der Waals surface area contributed by atoms with Crippen molar-refractivity contribution in [1.82, 2.24) is 15.5 Å². The van der Waals surface area contributed by atoms with Gasteiger partial charge in [0, 0.05) is 10.9 Å². The molecule has 112 valence electrons. The molecule has 4 nitrogen and oxygen atoms in total. The van der Waals surface area contributed by atoms with Crippen LogP contribution >= 0.6 is 22.6 Å². The van der Waals surface area contributed by atoms with E-state index in [-0.39, 0.29) is 11.9 Å². The van der Waals surface area contributed by atoms with Gasteiger partial charge in [0.05, 0.1) is 11.6 Å². The number of carbonyl (C=O) groups is 1. The molecule has 0 aliphatic heterocycles. The molecule has 5 heteroatoms. The van der Waals surface area contributed by atoms with E-state index in [0.717, 1.165) is 26.6 Å². The molecule has 0 spiro atoms. The SMILES string of the molecule is CCC(NC(=O)c1ccc2n[nH]c(I)c2c1)c1ccccc1. The summed E-state index contributed by atoms with van der Waals surface area (Å²) < 4.78 is 0.942. The number of fused-ring (bicyclic) bond motifs is 1. The molecule has 2 aromatic carbocycles. The highest BCUT2D eigenvalue weighted by Gasteiger charge is 2.15. The largest absolute Gasteiger partial charge is 0.345 e. The second kappa shape index (κ2) is 6.48. The van der Waals surface area contributed by atoms with E-state index in [9.17, 15) is 4.79 Å². The normalized spacial score (nSPS) is 12.3. The number of hydrogen-bond acceptors (Lipinski definition) is 2. The van der Waals surface area contributed by atoms with E-state index in [0.29, 0.717) is 5.56 Å². The summed E-state index contributed by atoms with van der Waals surface area (Å²) in [7, 11) is 0. The number of nitrogens with zero attached hydrogens (tertiary/aromatic N) is 1. The highest BCUT2D eigenvalue weighted by Crippen LogP contribution is 2.21. The number of aromatic nitrogens is 2. The summed E-state index contributed by atoms with van der Waals surface area (Å²) in [4.78, 5) is 12.5. The minimum Gasteiger partial charge on any atom is -0.345 e. The molecule has 0 bridgehead atoms. The number of rotatable bonds is 4. The predicted octanol–water partition coefficient (Wildman–Crippen LogP) is 4.05. The van der Waals surface area contributed by atoms with Crippen molar-refractivity contribution in [2.24, 2.45) is 0 Å². The average molecular weight is 405 g/mol. The van der Waals surface area contributed by atoms with Gasteiger partial charge in [0.25, 0.3) is 5.91 Å². The van der Waals surface area contributed by atoms with E-state index < -0.39 is 0 Å². The van der Waals surface area contributed by atoms with Crippen LogP contribution in [0, 0.1) is 3.70 Å². The zero-order chi connectivity index (χ0) is 15.5. The van der Waals surface area contributed by atoms with Gasteiger partial charge in [-0.1, -0.05) is 37.3 Å². The first-order valence-corrected chi connectivity index (χ1v) is 8.26. The van der Waals surface area contributed by atoms with Crippen LogP contribution in [0.25, 0.3) is 10.9 Å². The second-order valence-electron chi connectivity index (χ2n) is 5.11. The Balaban J connectivity index is 1.84. The Morgan fingerprint density at radius 2 is 2.05 bits per heavy atom. The van der Waals surface area contributed by atoms with Gasteiger partial charge in [-0.25, -0.2) is 0 Å². The first kappa shape index (κ1) is 15.0. The Hall–Kier alpha value is -1.89. The van der Waals surface area contributed by atoms with Crippen LogP contribution in [0.1, 0.15) is 35.3 Å². The molecule has 0 aliphatic carbocycles. The monoisotopic (exact) mass is 405 g/mol. The fourth-order valence-electron chi connectivity index (χ4n) is 2.47. The molecule has 0 fully saturated rings. The van der Waals surface area contributed by atoms with E-state index >= 15 is 0 Å². The predicted molar refractivity (Wildman–Crippen MR) is 95.8 cm³/mol. The van der Waals surface area contributed by atoms with E-state index in [2.05, 4.69) is 45.0 Å². The van der Waals surface area contributed by atoms with E-state index in [4.69, 9.17) is 0 Å². The quantitative estimate of drug-likeness (QED) is 0.644. The van der Waals surface area contributed by atoms with Crippen molar-refractivity contribution in [3.63, 3.8) is 0 Å². The molecular weight excluding hydrogens is 389 g/mol. The fourth-order valence-corrected chi connectivity index (χ4v) is 3.02. The van der Waals surface area contributed by atoms with Crippen LogP contribution in [0.15, 0.2) is 48.5 Å². The molecular formula is C17H16IN3O. The molecule has 1 atom stereocenters. The number of aromatic amines is 1. The summed E-state index contributed by atoms with van der Waals surface area (Å²) in [5.74, 6) is -0.0606. The van der Waals surface area contributed by atoms with E-state index in [1.54, 1.807) is 0 Å². The molecule has 0 saturated heterocycles. The van der Waals surface area contributed by atoms with Gasteiger partial charge in [0.15, 0.2) is 0 Å². The molecule has 0 saturated carbocycles. The number of hydrogen-bond donors (Lipinski definition) is 2. The Labute approximate surface area is 142 Å². The third kappa shape index (κ3) is 2.99. The molecule has 1 aromatic heterocycles. The minimum atomic E-state index is -0.0606. The summed E-state index contributed by atoms with van der Waals surface area (Å²) >= 11 is 2.19. The summed E-state index contributed by atoms with van der Waals surface area (Å²) in [5, 5.41) is 11.2. The van der Waals surface area contributed by atoms with Crippen LogP contribution < -0.4 is 5.32 Å². The van der Waals surface area contributed by atoms with Gasteiger partial charge in [-0.3, -0.25) is 9.89 Å². The lowest BCUT2D eigenvalue weighted by molar-refractivity contribution is 0.0935. The van der Waals surface area contributed by atoms with Gasteiger partial charge in [0.2, 0.25) is 0 Å². The molecule has 3 rings (SSSR count). The third-order valence-electron chi connectivity index (χ3n) is 3.69. The maximum absolute atomic E-state index is 12.5. The molecule has 22 heavy (non-hydrogen) atoms. The van der Waals surface area contributed by atoms with Crippen molar-refractivity contribution in [3.8, 4) is 0 Å². The van der Waals surface area contributed by atoms with E-state index in [1.807, 2.05) is 48.5 Å². The standard InChI is InChI=1S/C17H16IN3O/c1-2-14(11-6-4-3-5-7-11)19-17(22)12-8-9-15-13(10-12)16(18)21-20-15/h3-10,14H,2H2,1H3,(H,19,22)(H,20,21). The smallest absolute Gasteiger partial charge is 0.251 e. The molecule has 3 aromatic rings. The number of H-pyrrole nitrogens is 1. The number of benzene rings is 2. The summed E-state index contributed by atoms with van der Waals surface area (Å²) in [6.45, 7) is 2.07. The molecule has 1 unspecified atom stereocenters. The van der Waals surface area contributed by atoms with Crippen molar-refractivity contribution >= 4 is 39.4 Å². The van der Waals surface area contributed by atoms with Gasteiger partial charge in [-0.05, 0) is 52.8 Å². The summed E-state index contributed by atoms with van der Waals surface area (Å²) in [6.07, 6.45) is 0.848. The number of halogens is 1. The first-order valence-electron chi connectivity index (χ1n) is 7.18. The highest BCUT2D eigenvalue weighted by atomic mass is 127. The summed E-state index contributed by atoms with van der Waals surface area (Å²) in [5.41, 5.74) is 2.65. The lowest BCUT2D eigenvalue weighted by Crippen LogP contribution is -2.28. The van der Waals surface area contributed by atoms with Crippen LogP contribution in [0.3, 0.4) is 0 Å². The van der Waals surface area contributed by atoms with Crippen LogP contribution in [0.2, 0.25) is 0 Å². The Bertz CT molecular complexity index is 798. The van der Waals surface area contributed by atoms with E-state index in [1.165, 1.54) is 0 Å². The molecule has 2 N–H and O–H groups in total. The maximum Gasteiger partial charge on any atom is 0.251 e. The summed E-state index contributed by atoms with van der Waals surface area (Å²) in [6, 6.07) is 15.6. The lowest BCUT2D eigenvalue weighted by Gasteiger charge is -2.17. The van der Waals surface area contributed by atoms with Crippen LogP contribution in [-0.4, -0.2) is 16.1 Å². The maximum atomic E-state index is 12.5. The zero-order valence-electron chi connectivity index (χ0n) is 12.1. The van der Waals surface area contributed by atoms with Crippen LogP contribution in [-0.2, 0) is 0 Å². The van der Waals surface area contributed by atoms with Gasteiger partial charge in [0.1, 0.15) is 3.70 Å². The Morgan fingerprint density at radius 3 is 2.77 bits per heavy atom. The molecule has 1 heterocycles. The van der Waals surface area contributed by atoms with Crippen LogP contribution in [0.4, 0.5) is 0 Å². The fraction of sp³-hybridized carbons (Fsp3) is 0.176. The number of nitrogens with one attached hydrogen (secondary N) is 2. The molecule has 0 radical (unpaired) electrons. The molecule has 1 amide bonds. The topological polar surface area (TPSA) is 57.8 Å². The number of amides is 1. The van der Waals surface area contributed by atoms with Crippen molar-refractivity contribution in [2.45, 2.75) is 19.4 Å². The minimum absolute atomic E-state index is 0.0211. The van der Waals surface area contributed by atoms with Gasteiger partial charge < -0.3 is 5.32 Å². The second-order valence-corrected chi connectivity index (χ2v) is 6.19. The van der Waals surface area contributed by atoms with Crippen molar-refractivity contribution in [2.75, 3.05) is 0 Å². The van der Waals surface area contributed by atoms with Gasteiger partial charge in [-0.15, -0.1) is 0 Å². The zero-order valence-corrected chi connectivity index (χ0v) is 14.3. The van der Waals surface area contributed by atoms with Crippen molar-refractivity contribution < 1.29 is 4.79 Å². The number of carbonyl (C=O) groups excluding carboxylic acids is 1. The lowest BCUT2D eigenvalue weighted by atomic mass is 10.0. The third-order valence-corrected chi connectivity index (χ3v) is 4.51.